The summed E-state index contributed by atoms with van der Waals surface area (Å²) in [5.74, 6) is 1.78. The van der Waals surface area contributed by atoms with E-state index in [0.29, 0.717) is 23.8 Å². The van der Waals surface area contributed by atoms with Gasteiger partial charge in [0.05, 0.1) is 0 Å². The molecule has 0 fully saturated rings. The maximum Gasteiger partial charge on any atom is 0.122 e. The molecule has 298 valence electrons. The minimum Gasteiger partial charge on any atom is -0.508 e. The normalized spacial score (nSPS) is 12.5. The highest BCUT2D eigenvalue weighted by atomic mass is 16.3. The molecule has 0 saturated heterocycles. The fourth-order valence-corrected chi connectivity index (χ4v) is 7.66. The molecule has 1 atom stereocenters. The molecule has 0 bridgehead atoms. The van der Waals surface area contributed by atoms with Gasteiger partial charge in [-0.05, 0) is 130 Å². The van der Waals surface area contributed by atoms with Gasteiger partial charge in [0, 0.05) is 11.8 Å². The smallest absolute Gasteiger partial charge is 0.122 e. The summed E-state index contributed by atoms with van der Waals surface area (Å²) in [5.41, 5.74) is 10.9. The average Bonchev–Trinajstić information content (AvgIpc) is 3.15. The first-order valence-corrected chi connectivity index (χ1v) is 19.8. The zero-order chi connectivity index (χ0) is 41.9. The van der Waals surface area contributed by atoms with Crippen molar-refractivity contribution in [1.29, 1.82) is 0 Å². The van der Waals surface area contributed by atoms with Crippen molar-refractivity contribution >= 4 is 0 Å². The van der Waals surface area contributed by atoms with Crippen molar-refractivity contribution in [3.05, 3.63) is 183 Å². The lowest BCUT2D eigenvalue weighted by molar-refractivity contribution is 0.435. The molecular weight excluding hydrogens is 705 g/mol. The van der Waals surface area contributed by atoms with Crippen LogP contribution in [-0.4, -0.2) is 25.5 Å². The minimum absolute atomic E-state index is 0.129. The fraction of sp³-hybridized carbons (Fsp3) is 0.308. The van der Waals surface area contributed by atoms with Crippen LogP contribution in [0.25, 0.3) is 0 Å². The highest BCUT2D eigenvalue weighted by Crippen LogP contribution is 2.41. The third-order valence-electron chi connectivity index (χ3n) is 11.1. The summed E-state index contributed by atoms with van der Waals surface area (Å²) in [5, 5.41) is 50.7. The van der Waals surface area contributed by atoms with E-state index in [1.54, 1.807) is 36.4 Å². The van der Waals surface area contributed by atoms with E-state index >= 15 is 0 Å². The SMILES string of the molecule is CC(Cc1ccc(O)cc1)c1ccc(C(C)(c2ccc(O)cc2)c2ccc(O)cc2)cc1.Cc1cc(Cc2cc(C)cc(C(C)(C)C)c2O)c(O)c(C(C)(C)C)c1. The maximum atomic E-state index is 10.8. The van der Waals surface area contributed by atoms with Gasteiger partial charge in [-0.3, -0.25) is 0 Å². The van der Waals surface area contributed by atoms with Gasteiger partial charge in [-0.1, -0.05) is 145 Å². The highest BCUT2D eigenvalue weighted by Gasteiger charge is 2.31. The largest absolute Gasteiger partial charge is 0.508 e. The van der Waals surface area contributed by atoms with Crippen LogP contribution in [0.5, 0.6) is 28.7 Å². The van der Waals surface area contributed by atoms with Gasteiger partial charge in [0.15, 0.2) is 0 Å². The van der Waals surface area contributed by atoms with Crippen LogP contribution in [0.4, 0.5) is 0 Å². The van der Waals surface area contributed by atoms with Gasteiger partial charge in [-0.25, -0.2) is 0 Å². The van der Waals surface area contributed by atoms with E-state index < -0.39 is 5.41 Å². The van der Waals surface area contributed by atoms with E-state index in [2.05, 4.69) is 106 Å². The van der Waals surface area contributed by atoms with Gasteiger partial charge in [-0.2, -0.15) is 0 Å². The zero-order valence-electron chi connectivity index (χ0n) is 35.3. The second kappa shape index (κ2) is 16.8. The summed E-state index contributed by atoms with van der Waals surface area (Å²) in [4.78, 5) is 0. The van der Waals surface area contributed by atoms with E-state index in [9.17, 15) is 25.5 Å². The highest BCUT2D eigenvalue weighted by molar-refractivity contribution is 5.54. The minimum atomic E-state index is -0.444. The first kappa shape index (κ1) is 42.5. The summed E-state index contributed by atoms with van der Waals surface area (Å²) in [6, 6.07) is 38.9. The van der Waals surface area contributed by atoms with Crippen molar-refractivity contribution in [1.82, 2.24) is 0 Å². The van der Waals surface area contributed by atoms with Crippen LogP contribution in [-0.2, 0) is 29.1 Å². The van der Waals surface area contributed by atoms with E-state index in [1.165, 1.54) is 11.1 Å². The lowest BCUT2D eigenvalue weighted by Gasteiger charge is -2.32. The van der Waals surface area contributed by atoms with Crippen LogP contribution < -0.4 is 0 Å². The first-order chi connectivity index (χ1) is 26.7. The molecule has 0 aliphatic rings. The third-order valence-corrected chi connectivity index (χ3v) is 11.1. The number of aromatic hydroxyl groups is 5. The second-order valence-electron chi connectivity index (χ2n) is 17.9. The zero-order valence-corrected chi connectivity index (χ0v) is 35.3. The lowest BCUT2D eigenvalue weighted by atomic mass is 9.71. The van der Waals surface area contributed by atoms with Crippen LogP contribution in [0.15, 0.2) is 121 Å². The molecule has 0 spiro atoms. The average molecular weight is 765 g/mol. The van der Waals surface area contributed by atoms with Crippen LogP contribution in [0, 0.1) is 13.8 Å². The Balaban J connectivity index is 0.000000225. The van der Waals surface area contributed by atoms with Crippen LogP contribution in [0.2, 0.25) is 0 Å². The predicted octanol–water partition coefficient (Wildman–Crippen LogP) is 12.4. The topological polar surface area (TPSA) is 101 Å². The Morgan fingerprint density at radius 2 is 0.789 bits per heavy atom. The molecule has 6 rings (SSSR count). The Labute approximate surface area is 340 Å². The lowest BCUT2D eigenvalue weighted by Crippen LogP contribution is -2.25. The van der Waals surface area contributed by atoms with Gasteiger partial charge in [-0.15, -0.1) is 0 Å². The van der Waals surface area contributed by atoms with Gasteiger partial charge in [0.25, 0.3) is 0 Å². The molecule has 0 aliphatic heterocycles. The predicted molar refractivity (Wildman–Crippen MR) is 234 cm³/mol. The van der Waals surface area contributed by atoms with E-state index in [1.807, 2.05) is 48.5 Å². The van der Waals surface area contributed by atoms with Crippen molar-refractivity contribution in [2.24, 2.45) is 0 Å². The molecule has 0 aliphatic carbocycles. The second-order valence-corrected chi connectivity index (χ2v) is 17.9. The van der Waals surface area contributed by atoms with Gasteiger partial charge in [0.1, 0.15) is 28.7 Å². The number of benzene rings is 6. The monoisotopic (exact) mass is 764 g/mol. The van der Waals surface area contributed by atoms with Crippen LogP contribution >= 0.6 is 0 Å². The number of aryl methyl sites for hydroxylation is 2. The Hall–Kier alpha value is -5.68. The summed E-state index contributed by atoms with van der Waals surface area (Å²) >= 11 is 0. The van der Waals surface area contributed by atoms with Crippen LogP contribution in [0.1, 0.15) is 123 Å². The van der Waals surface area contributed by atoms with Gasteiger partial charge < -0.3 is 25.5 Å². The van der Waals surface area contributed by atoms with Gasteiger partial charge in [0.2, 0.25) is 0 Å². The molecule has 5 N–H and O–H groups in total. The molecular formula is C52H60O5. The van der Waals surface area contributed by atoms with Gasteiger partial charge >= 0.3 is 0 Å². The molecule has 6 aromatic carbocycles. The summed E-state index contributed by atoms with van der Waals surface area (Å²) in [6.45, 7) is 21.1. The standard InChI is InChI=1S/C29H28O3.C23H32O2/c1-20(19-21-3-13-26(30)14-4-21)22-5-7-23(8-6-22)29(2,24-9-15-27(31)16-10-24)25-11-17-28(32)18-12-25;1-14-9-16(20(24)18(11-14)22(3,4)5)13-17-10-15(2)12-19(21(17)25)23(6,7)8/h3-18,20,30-32H,19H2,1-2H3;9-12,24-25H,13H2,1-8H3. The Morgan fingerprint density at radius 1 is 0.456 bits per heavy atom. The molecule has 0 saturated carbocycles. The molecule has 6 aromatic rings. The maximum absolute atomic E-state index is 10.8. The van der Waals surface area contributed by atoms with E-state index in [0.717, 1.165) is 56.5 Å². The number of phenolic OH excluding ortho intramolecular Hbond substituents is 5. The number of rotatable bonds is 8. The van der Waals surface area contributed by atoms with Crippen molar-refractivity contribution in [2.45, 2.75) is 104 Å². The molecule has 5 nitrogen and oxygen atoms in total. The quantitative estimate of drug-likeness (QED) is 0.0994. The number of hydrogen-bond donors (Lipinski definition) is 5. The molecule has 0 radical (unpaired) electrons. The van der Waals surface area contributed by atoms with Crippen molar-refractivity contribution in [2.75, 3.05) is 0 Å². The summed E-state index contributed by atoms with van der Waals surface area (Å²) in [6.07, 6.45) is 1.42. The summed E-state index contributed by atoms with van der Waals surface area (Å²) < 4.78 is 0. The van der Waals surface area contributed by atoms with Crippen LogP contribution in [0.3, 0.4) is 0 Å². The molecule has 1 unspecified atom stereocenters. The molecule has 0 heterocycles. The molecule has 57 heavy (non-hydrogen) atoms. The Bertz CT molecular complexity index is 2160. The Kier molecular flexibility index (Phi) is 12.5. The third kappa shape index (κ3) is 10.0. The Morgan fingerprint density at radius 3 is 1.14 bits per heavy atom. The molecule has 0 aromatic heterocycles. The van der Waals surface area contributed by atoms with E-state index in [-0.39, 0.29) is 28.1 Å². The molecule has 5 heteroatoms. The molecule has 0 amide bonds. The van der Waals surface area contributed by atoms with E-state index in [4.69, 9.17) is 0 Å². The van der Waals surface area contributed by atoms with Crippen molar-refractivity contribution < 1.29 is 25.5 Å². The van der Waals surface area contributed by atoms with Crippen molar-refractivity contribution in [3.8, 4) is 28.7 Å². The summed E-state index contributed by atoms with van der Waals surface area (Å²) in [7, 11) is 0. The first-order valence-electron chi connectivity index (χ1n) is 19.8. The number of phenols is 5. The number of hydrogen-bond acceptors (Lipinski definition) is 5. The van der Waals surface area contributed by atoms with Crippen molar-refractivity contribution in [3.63, 3.8) is 0 Å². The fourth-order valence-electron chi connectivity index (χ4n) is 7.66.